The number of carbonyl (C=O) groups is 1. The Balaban J connectivity index is 1.86. The Hall–Kier alpha value is -1.72. The molecule has 0 heterocycles. The second kappa shape index (κ2) is 6.83. The van der Waals surface area contributed by atoms with Crippen molar-refractivity contribution in [1.82, 2.24) is 5.32 Å². The van der Waals surface area contributed by atoms with Crippen molar-refractivity contribution >= 4 is 11.6 Å². The van der Waals surface area contributed by atoms with Gasteiger partial charge < -0.3 is 10.6 Å². The minimum atomic E-state index is -4.24. The summed E-state index contributed by atoms with van der Waals surface area (Å²) < 4.78 is 38.8. The third-order valence-electron chi connectivity index (χ3n) is 3.76. The monoisotopic (exact) mass is 300 g/mol. The topological polar surface area (TPSA) is 41.1 Å². The molecule has 116 valence electrons. The molecule has 1 aromatic rings. The van der Waals surface area contributed by atoms with Crippen LogP contribution in [0.3, 0.4) is 0 Å². The van der Waals surface area contributed by atoms with Crippen LogP contribution >= 0.6 is 0 Å². The number of para-hydroxylation sites is 1. The predicted molar refractivity (Wildman–Crippen MR) is 74.9 cm³/mol. The summed E-state index contributed by atoms with van der Waals surface area (Å²) >= 11 is 0. The average Bonchev–Trinajstić information content (AvgIpc) is 2.46. The van der Waals surface area contributed by atoms with Crippen LogP contribution in [-0.4, -0.2) is 24.7 Å². The molecular formula is C15H19F3N2O. The maximum absolute atomic E-state index is 12.9. The first-order valence-electron chi connectivity index (χ1n) is 7.12. The van der Waals surface area contributed by atoms with E-state index in [4.69, 9.17) is 0 Å². The Bertz CT molecular complexity index is 462. The highest BCUT2D eigenvalue weighted by atomic mass is 19.4. The third-order valence-corrected chi connectivity index (χ3v) is 3.76. The molecular weight excluding hydrogens is 281 g/mol. The molecule has 0 aliphatic heterocycles. The molecule has 0 bridgehead atoms. The summed E-state index contributed by atoms with van der Waals surface area (Å²) in [6.07, 6.45) is -2.46. The summed E-state index contributed by atoms with van der Waals surface area (Å²) in [5.74, 6) is -1.83. The highest BCUT2D eigenvalue weighted by molar-refractivity contribution is 5.81. The number of anilines is 1. The highest BCUT2D eigenvalue weighted by Gasteiger charge is 2.45. The largest absolute Gasteiger partial charge is 0.393 e. The van der Waals surface area contributed by atoms with Crippen molar-refractivity contribution in [2.45, 2.75) is 37.9 Å². The molecule has 0 radical (unpaired) electrons. The van der Waals surface area contributed by atoms with Crippen molar-refractivity contribution in [2.24, 2.45) is 5.92 Å². The molecule has 2 N–H and O–H groups in total. The molecule has 2 unspecified atom stereocenters. The van der Waals surface area contributed by atoms with Crippen molar-refractivity contribution in [3.05, 3.63) is 30.3 Å². The Morgan fingerprint density at radius 1 is 1.14 bits per heavy atom. The Labute approximate surface area is 121 Å². The van der Waals surface area contributed by atoms with Crippen molar-refractivity contribution in [3.63, 3.8) is 0 Å². The van der Waals surface area contributed by atoms with Gasteiger partial charge in [0.05, 0.1) is 12.5 Å². The number of hydrogen-bond acceptors (Lipinski definition) is 2. The summed E-state index contributed by atoms with van der Waals surface area (Å²) in [4.78, 5) is 11.8. The summed E-state index contributed by atoms with van der Waals surface area (Å²) in [5.41, 5.74) is 0.767. The fraction of sp³-hybridized carbons (Fsp3) is 0.533. The maximum Gasteiger partial charge on any atom is 0.393 e. The first-order chi connectivity index (χ1) is 9.97. The molecule has 0 aromatic heterocycles. The van der Waals surface area contributed by atoms with Gasteiger partial charge in [0.1, 0.15) is 0 Å². The van der Waals surface area contributed by atoms with Gasteiger partial charge in [-0.15, -0.1) is 0 Å². The number of halogens is 3. The van der Waals surface area contributed by atoms with Crippen molar-refractivity contribution < 1.29 is 18.0 Å². The van der Waals surface area contributed by atoms with Gasteiger partial charge in [-0.2, -0.15) is 13.2 Å². The van der Waals surface area contributed by atoms with Crippen LogP contribution in [0.2, 0.25) is 0 Å². The zero-order valence-electron chi connectivity index (χ0n) is 11.6. The first-order valence-corrected chi connectivity index (χ1v) is 7.12. The Kier molecular flexibility index (Phi) is 5.09. The molecule has 1 aromatic carbocycles. The van der Waals surface area contributed by atoms with Crippen LogP contribution in [0.5, 0.6) is 0 Å². The Morgan fingerprint density at radius 2 is 1.81 bits per heavy atom. The van der Waals surface area contributed by atoms with Gasteiger partial charge in [0.25, 0.3) is 0 Å². The van der Waals surface area contributed by atoms with E-state index in [1.165, 1.54) is 0 Å². The second-order valence-corrected chi connectivity index (χ2v) is 5.33. The number of hydrogen-bond donors (Lipinski definition) is 2. The third kappa shape index (κ3) is 4.65. The van der Waals surface area contributed by atoms with E-state index in [1.807, 2.05) is 18.2 Å². The molecule has 1 aliphatic carbocycles. The van der Waals surface area contributed by atoms with E-state index in [2.05, 4.69) is 10.6 Å². The molecule has 0 spiro atoms. The fourth-order valence-corrected chi connectivity index (χ4v) is 2.69. The number of alkyl halides is 3. The number of rotatable bonds is 4. The summed E-state index contributed by atoms with van der Waals surface area (Å²) in [6.45, 7) is -0.0227. The molecule has 1 fully saturated rings. The second-order valence-electron chi connectivity index (χ2n) is 5.33. The van der Waals surface area contributed by atoms with Crippen molar-refractivity contribution in [3.8, 4) is 0 Å². The van der Waals surface area contributed by atoms with Crippen molar-refractivity contribution in [1.29, 1.82) is 0 Å². The SMILES string of the molecule is O=C(CNc1ccccc1)NC1CCCCC1C(F)(F)F. The molecule has 1 amide bonds. The number of amides is 1. The minimum Gasteiger partial charge on any atom is -0.376 e. The van der Waals surface area contributed by atoms with Gasteiger partial charge in [-0.1, -0.05) is 31.0 Å². The molecule has 21 heavy (non-hydrogen) atoms. The lowest BCUT2D eigenvalue weighted by Crippen LogP contribution is -2.49. The number of nitrogens with one attached hydrogen (secondary N) is 2. The van der Waals surface area contributed by atoms with E-state index in [0.29, 0.717) is 12.8 Å². The van der Waals surface area contributed by atoms with Gasteiger partial charge >= 0.3 is 6.18 Å². The normalized spacial score (nSPS) is 22.6. The van der Waals surface area contributed by atoms with Gasteiger partial charge in [0.15, 0.2) is 0 Å². The average molecular weight is 300 g/mol. The number of benzene rings is 1. The van der Waals surface area contributed by atoms with Crippen LogP contribution < -0.4 is 10.6 Å². The molecule has 6 heteroatoms. The zero-order chi connectivity index (χ0) is 15.3. The van der Waals surface area contributed by atoms with Crippen LogP contribution in [0.25, 0.3) is 0 Å². The van der Waals surface area contributed by atoms with E-state index >= 15 is 0 Å². The lowest BCUT2D eigenvalue weighted by molar-refractivity contribution is -0.189. The van der Waals surface area contributed by atoms with Gasteiger partial charge in [0.2, 0.25) is 5.91 Å². The van der Waals surface area contributed by atoms with Crippen molar-refractivity contribution in [2.75, 3.05) is 11.9 Å². The van der Waals surface area contributed by atoms with Gasteiger partial charge in [-0.25, -0.2) is 0 Å². The first kappa shape index (κ1) is 15.7. The Morgan fingerprint density at radius 3 is 2.48 bits per heavy atom. The molecule has 3 nitrogen and oxygen atoms in total. The van der Waals surface area contributed by atoms with Crippen LogP contribution in [0.15, 0.2) is 30.3 Å². The smallest absolute Gasteiger partial charge is 0.376 e. The van der Waals surface area contributed by atoms with Crippen LogP contribution in [0.1, 0.15) is 25.7 Å². The fourth-order valence-electron chi connectivity index (χ4n) is 2.69. The summed E-state index contributed by atoms with van der Waals surface area (Å²) in [6, 6.07) is 8.28. The number of carbonyl (C=O) groups excluding carboxylic acids is 1. The van der Waals surface area contributed by atoms with E-state index in [-0.39, 0.29) is 13.0 Å². The quantitative estimate of drug-likeness (QED) is 0.895. The maximum atomic E-state index is 12.9. The molecule has 1 aliphatic rings. The zero-order valence-corrected chi connectivity index (χ0v) is 11.6. The van der Waals surface area contributed by atoms with Crippen LogP contribution in [0.4, 0.5) is 18.9 Å². The van der Waals surface area contributed by atoms with E-state index in [9.17, 15) is 18.0 Å². The highest BCUT2D eigenvalue weighted by Crippen LogP contribution is 2.37. The van der Waals surface area contributed by atoms with E-state index in [1.54, 1.807) is 12.1 Å². The summed E-state index contributed by atoms with van der Waals surface area (Å²) in [5, 5.41) is 5.42. The van der Waals surface area contributed by atoms with Gasteiger partial charge in [0, 0.05) is 11.7 Å². The molecule has 2 atom stereocenters. The molecule has 2 rings (SSSR count). The summed E-state index contributed by atoms with van der Waals surface area (Å²) in [7, 11) is 0. The van der Waals surface area contributed by atoms with Crippen LogP contribution in [-0.2, 0) is 4.79 Å². The van der Waals surface area contributed by atoms with Gasteiger partial charge in [-0.05, 0) is 25.0 Å². The van der Waals surface area contributed by atoms with E-state index in [0.717, 1.165) is 12.1 Å². The van der Waals surface area contributed by atoms with Crippen LogP contribution in [0, 0.1) is 5.92 Å². The molecule has 1 saturated carbocycles. The predicted octanol–water partition coefficient (Wildman–Crippen LogP) is 3.34. The lowest BCUT2D eigenvalue weighted by atomic mass is 9.84. The lowest BCUT2D eigenvalue weighted by Gasteiger charge is -2.33. The standard InChI is InChI=1S/C15H19F3N2O/c16-15(17,18)12-8-4-5-9-13(12)20-14(21)10-19-11-6-2-1-3-7-11/h1-3,6-7,12-13,19H,4-5,8-10H2,(H,20,21). The molecule has 0 saturated heterocycles. The van der Waals surface area contributed by atoms with E-state index < -0.39 is 24.0 Å². The van der Waals surface area contributed by atoms with Gasteiger partial charge in [-0.3, -0.25) is 4.79 Å². The minimum absolute atomic E-state index is 0.0227.